The van der Waals surface area contributed by atoms with E-state index in [9.17, 15) is 21.6 Å². The number of sulfone groups is 1. The molecule has 0 bridgehead atoms. The van der Waals surface area contributed by atoms with Crippen LogP contribution in [0.2, 0.25) is 5.02 Å². The third-order valence-electron chi connectivity index (χ3n) is 5.89. The van der Waals surface area contributed by atoms with Crippen LogP contribution in [0.15, 0.2) is 63.3 Å². The Bertz CT molecular complexity index is 1370. The Labute approximate surface area is 211 Å². The van der Waals surface area contributed by atoms with Gasteiger partial charge in [-0.1, -0.05) is 45.7 Å². The van der Waals surface area contributed by atoms with Crippen LogP contribution in [0, 0.1) is 0 Å². The minimum atomic E-state index is -4.02. The summed E-state index contributed by atoms with van der Waals surface area (Å²) in [6, 6.07) is 10.8. The zero-order valence-corrected chi connectivity index (χ0v) is 21.7. The number of sulfonamides is 1. The molecule has 2 aliphatic heterocycles. The third-order valence-corrected chi connectivity index (χ3v) is 10.1. The summed E-state index contributed by atoms with van der Waals surface area (Å²) in [5.74, 6) is -1.25. The predicted molar refractivity (Wildman–Crippen MR) is 131 cm³/mol. The van der Waals surface area contributed by atoms with Crippen LogP contribution in [0.25, 0.3) is 11.1 Å². The highest BCUT2D eigenvalue weighted by atomic mass is 79.9. The summed E-state index contributed by atoms with van der Waals surface area (Å²) in [6.07, 6.45) is 0.609. The first-order valence-electron chi connectivity index (χ1n) is 10.4. The quantitative estimate of drug-likeness (QED) is 0.572. The van der Waals surface area contributed by atoms with Crippen molar-refractivity contribution >= 4 is 53.3 Å². The van der Waals surface area contributed by atoms with Crippen LogP contribution in [0.5, 0.6) is 0 Å². The number of nitrogens with one attached hydrogen (secondary N) is 1. The van der Waals surface area contributed by atoms with E-state index in [0.717, 1.165) is 9.71 Å². The van der Waals surface area contributed by atoms with Crippen LogP contribution in [0.4, 0.5) is 4.39 Å². The summed E-state index contributed by atoms with van der Waals surface area (Å²) in [5.41, 5.74) is -1.35. The Morgan fingerprint density at radius 1 is 1.15 bits per heavy atom. The highest BCUT2D eigenvalue weighted by Gasteiger charge is 2.45. The number of hydrogen-bond acceptors (Lipinski definition) is 5. The van der Waals surface area contributed by atoms with Crippen molar-refractivity contribution in [1.29, 1.82) is 0 Å². The molecule has 4 rings (SSSR count). The molecule has 2 aliphatic rings. The van der Waals surface area contributed by atoms with E-state index in [2.05, 4.69) is 21.2 Å². The maximum absolute atomic E-state index is 15.4. The highest BCUT2D eigenvalue weighted by molar-refractivity contribution is 9.10. The predicted octanol–water partition coefficient (Wildman–Crippen LogP) is 3.69. The SMILES string of the molecule is O=C(N[C@H]1C=CS(=O)(=O)C1)C1(F)CCN(S(=O)(=O)c2ccc(Br)cc2-c2ccccc2Cl)CC1. The molecule has 1 fully saturated rings. The average molecular weight is 592 g/mol. The molecule has 182 valence electrons. The van der Waals surface area contributed by atoms with Crippen molar-refractivity contribution in [2.24, 2.45) is 0 Å². The van der Waals surface area contributed by atoms with Gasteiger partial charge in [-0.15, -0.1) is 0 Å². The average Bonchev–Trinajstić information content (AvgIpc) is 3.12. The fraction of sp³-hybridized carbons (Fsp3) is 0.318. The fourth-order valence-corrected chi connectivity index (χ4v) is 7.49. The van der Waals surface area contributed by atoms with Gasteiger partial charge in [-0.25, -0.2) is 21.2 Å². The standard InChI is InChI=1S/C22H21BrClFN2O5S2/c23-15-5-6-20(18(13-15)17-3-1-2-4-19(17)24)34(31,32)27-10-8-22(25,9-11-27)21(28)26-16-7-12-33(29,30)14-16/h1-7,12-13,16H,8-11,14H2,(H,26,28)/t16-/m0/s1. The summed E-state index contributed by atoms with van der Waals surface area (Å²) in [4.78, 5) is 12.6. The molecular formula is C22H21BrClFN2O5S2. The number of carbonyl (C=O) groups excluding carboxylic acids is 1. The van der Waals surface area contributed by atoms with Crippen LogP contribution in [0.3, 0.4) is 0 Å². The van der Waals surface area contributed by atoms with Crippen LogP contribution in [-0.4, -0.2) is 57.6 Å². The molecule has 2 heterocycles. The van der Waals surface area contributed by atoms with Crippen molar-refractivity contribution < 1.29 is 26.0 Å². The lowest BCUT2D eigenvalue weighted by Crippen LogP contribution is -2.54. The molecule has 0 unspecified atom stereocenters. The zero-order valence-electron chi connectivity index (χ0n) is 17.7. The summed E-state index contributed by atoms with van der Waals surface area (Å²) in [7, 11) is -7.42. The number of rotatable bonds is 5. The van der Waals surface area contributed by atoms with E-state index >= 15 is 4.39 Å². The first-order chi connectivity index (χ1) is 15.9. The van der Waals surface area contributed by atoms with Crippen LogP contribution in [0.1, 0.15) is 12.8 Å². The normalized spacial score (nSPS) is 21.9. The van der Waals surface area contributed by atoms with E-state index in [4.69, 9.17) is 11.6 Å². The number of alkyl halides is 1. The monoisotopic (exact) mass is 590 g/mol. The van der Waals surface area contributed by atoms with Crippen LogP contribution >= 0.6 is 27.5 Å². The van der Waals surface area contributed by atoms with Gasteiger partial charge in [-0.05, 0) is 30.3 Å². The Morgan fingerprint density at radius 3 is 2.44 bits per heavy atom. The van der Waals surface area contributed by atoms with Crippen LogP contribution < -0.4 is 5.32 Å². The van der Waals surface area contributed by atoms with Gasteiger partial charge in [0.05, 0.1) is 16.7 Å². The van der Waals surface area contributed by atoms with E-state index in [0.29, 0.717) is 20.6 Å². The highest BCUT2D eigenvalue weighted by Crippen LogP contribution is 2.37. The molecule has 34 heavy (non-hydrogen) atoms. The summed E-state index contributed by atoms with van der Waals surface area (Å²) < 4.78 is 67.3. The van der Waals surface area contributed by atoms with Gasteiger partial charge < -0.3 is 5.32 Å². The van der Waals surface area contributed by atoms with E-state index in [1.54, 1.807) is 36.4 Å². The Morgan fingerprint density at radius 2 is 1.82 bits per heavy atom. The van der Waals surface area contributed by atoms with Gasteiger partial charge in [-0.3, -0.25) is 4.79 Å². The van der Waals surface area contributed by atoms with Crippen molar-refractivity contribution in [1.82, 2.24) is 9.62 Å². The summed E-state index contributed by atoms with van der Waals surface area (Å²) >= 11 is 9.69. The van der Waals surface area contributed by atoms with Crippen molar-refractivity contribution in [2.45, 2.75) is 29.4 Å². The number of amides is 1. The van der Waals surface area contributed by atoms with Crippen molar-refractivity contribution in [3.63, 3.8) is 0 Å². The molecular weight excluding hydrogens is 571 g/mol. The molecule has 2 aromatic carbocycles. The fourth-order valence-electron chi connectivity index (χ4n) is 4.03. The topological polar surface area (TPSA) is 101 Å². The third kappa shape index (κ3) is 5.08. The van der Waals surface area contributed by atoms with Crippen molar-refractivity contribution in [2.75, 3.05) is 18.8 Å². The molecule has 1 N–H and O–H groups in total. The van der Waals surface area contributed by atoms with Gasteiger partial charge in [0.2, 0.25) is 10.0 Å². The molecule has 1 amide bonds. The first-order valence-corrected chi connectivity index (χ1v) is 14.7. The number of halogens is 3. The van der Waals surface area contributed by atoms with E-state index in [1.807, 2.05) is 0 Å². The van der Waals surface area contributed by atoms with Gasteiger partial charge >= 0.3 is 0 Å². The van der Waals surface area contributed by atoms with Crippen LogP contribution in [-0.2, 0) is 24.7 Å². The smallest absolute Gasteiger partial charge is 0.258 e. The molecule has 1 atom stereocenters. The number of hydrogen-bond donors (Lipinski definition) is 1. The van der Waals surface area contributed by atoms with Gasteiger partial charge in [0, 0.05) is 52.0 Å². The Kier molecular flexibility index (Phi) is 6.96. The number of piperidine rings is 1. The molecule has 0 aromatic heterocycles. The molecule has 1 saturated heterocycles. The second-order valence-electron chi connectivity index (χ2n) is 8.23. The van der Waals surface area contributed by atoms with Gasteiger partial charge in [0.25, 0.3) is 5.91 Å². The lowest BCUT2D eigenvalue weighted by molar-refractivity contribution is -0.135. The number of benzene rings is 2. The van der Waals surface area contributed by atoms with E-state index in [1.165, 1.54) is 12.1 Å². The lowest BCUT2D eigenvalue weighted by Gasteiger charge is -2.35. The molecule has 0 aliphatic carbocycles. The second-order valence-corrected chi connectivity index (χ2v) is 13.4. The molecule has 12 heteroatoms. The largest absolute Gasteiger partial charge is 0.346 e. The second kappa shape index (κ2) is 9.34. The molecule has 7 nitrogen and oxygen atoms in total. The molecule has 0 radical (unpaired) electrons. The van der Waals surface area contributed by atoms with Gasteiger partial charge in [0.1, 0.15) is 0 Å². The number of nitrogens with zero attached hydrogens (tertiary/aromatic N) is 1. The Balaban J connectivity index is 1.53. The zero-order chi connectivity index (χ0) is 24.7. The van der Waals surface area contributed by atoms with Gasteiger partial charge in [-0.2, -0.15) is 4.31 Å². The maximum Gasteiger partial charge on any atom is 0.258 e. The number of carbonyl (C=O) groups is 1. The summed E-state index contributed by atoms with van der Waals surface area (Å²) in [5, 5.41) is 3.79. The minimum Gasteiger partial charge on any atom is -0.346 e. The van der Waals surface area contributed by atoms with Gasteiger partial charge in [0.15, 0.2) is 15.5 Å². The van der Waals surface area contributed by atoms with E-state index in [-0.39, 0.29) is 36.6 Å². The minimum absolute atomic E-state index is 0.0286. The maximum atomic E-state index is 15.4. The molecule has 0 spiro atoms. The van der Waals surface area contributed by atoms with E-state index < -0.39 is 37.5 Å². The Hall–Kier alpha value is -1.79. The first kappa shape index (κ1) is 25.3. The molecule has 0 saturated carbocycles. The lowest BCUT2D eigenvalue weighted by atomic mass is 9.93. The molecule has 2 aromatic rings. The summed E-state index contributed by atoms with van der Waals surface area (Å²) in [6.45, 7) is -0.411. The van der Waals surface area contributed by atoms with Crippen molar-refractivity contribution in [3.05, 3.63) is 63.4 Å². The van der Waals surface area contributed by atoms with Crippen molar-refractivity contribution in [3.8, 4) is 11.1 Å².